The molecule has 2 nitrogen and oxygen atoms in total. The first-order valence-electron chi connectivity index (χ1n) is 5.77. The summed E-state index contributed by atoms with van der Waals surface area (Å²) in [5, 5.41) is 0. The second-order valence-electron chi connectivity index (χ2n) is 4.76. The van der Waals surface area contributed by atoms with Gasteiger partial charge in [0.15, 0.2) is 0 Å². The number of anilines is 1. The van der Waals surface area contributed by atoms with Crippen molar-refractivity contribution < 1.29 is 0 Å². The van der Waals surface area contributed by atoms with Crippen molar-refractivity contribution in [1.29, 1.82) is 0 Å². The number of rotatable bonds is 4. The van der Waals surface area contributed by atoms with E-state index in [2.05, 4.69) is 30.2 Å². The van der Waals surface area contributed by atoms with E-state index in [9.17, 15) is 0 Å². The molecule has 0 saturated heterocycles. The van der Waals surface area contributed by atoms with E-state index in [0.717, 1.165) is 24.7 Å². The maximum absolute atomic E-state index is 5.80. The van der Waals surface area contributed by atoms with Crippen molar-refractivity contribution in [3.05, 3.63) is 29.3 Å². The minimum atomic E-state index is 0.765. The fourth-order valence-corrected chi connectivity index (χ4v) is 3.07. The third-order valence-corrected chi connectivity index (χ3v) is 3.94. The van der Waals surface area contributed by atoms with Crippen LogP contribution in [0, 0.1) is 5.92 Å². The first-order valence-corrected chi connectivity index (χ1v) is 7.17. The predicted octanol–water partition coefficient (Wildman–Crippen LogP) is 2.58. The van der Waals surface area contributed by atoms with Crippen molar-refractivity contribution in [3.63, 3.8) is 0 Å². The second-order valence-corrected chi connectivity index (χ2v) is 5.67. The van der Waals surface area contributed by atoms with Crippen LogP contribution in [0.2, 0.25) is 0 Å². The van der Waals surface area contributed by atoms with Gasteiger partial charge >= 0.3 is 0 Å². The molecule has 1 aromatic carbocycles. The topological polar surface area (TPSA) is 29.3 Å². The molecular weight excluding hydrogens is 216 g/mol. The van der Waals surface area contributed by atoms with E-state index in [1.54, 1.807) is 0 Å². The molecule has 2 N–H and O–H groups in total. The van der Waals surface area contributed by atoms with Gasteiger partial charge < -0.3 is 5.73 Å². The lowest BCUT2D eigenvalue weighted by Crippen LogP contribution is -2.24. The van der Waals surface area contributed by atoms with Crippen molar-refractivity contribution in [2.45, 2.75) is 20.0 Å². The van der Waals surface area contributed by atoms with Crippen LogP contribution >= 0.6 is 11.8 Å². The number of benzene rings is 1. The van der Waals surface area contributed by atoms with Gasteiger partial charge in [-0.05, 0) is 41.2 Å². The zero-order valence-corrected chi connectivity index (χ0v) is 10.9. The highest BCUT2D eigenvalue weighted by atomic mass is 32.2. The Balaban J connectivity index is 1.95. The van der Waals surface area contributed by atoms with E-state index in [0.29, 0.717) is 0 Å². The lowest BCUT2D eigenvalue weighted by Gasteiger charge is -2.19. The number of nitrogens with zero attached hydrogens (tertiary/aromatic N) is 1. The molecule has 0 bridgehead atoms. The second kappa shape index (κ2) is 5.11. The molecule has 1 aliphatic heterocycles. The molecule has 1 unspecified atom stereocenters. The molecule has 2 rings (SSSR count). The Labute approximate surface area is 102 Å². The Morgan fingerprint density at radius 3 is 2.88 bits per heavy atom. The van der Waals surface area contributed by atoms with Crippen LogP contribution in [0.5, 0.6) is 0 Å². The van der Waals surface area contributed by atoms with Crippen LogP contribution in [0.3, 0.4) is 0 Å². The third kappa shape index (κ3) is 2.71. The highest BCUT2D eigenvalue weighted by molar-refractivity contribution is 7.98. The van der Waals surface area contributed by atoms with Crippen LogP contribution < -0.4 is 5.73 Å². The number of nitrogen functional groups attached to an aromatic ring is 1. The molecule has 1 aliphatic rings. The first kappa shape index (κ1) is 11.8. The molecule has 0 amide bonds. The van der Waals surface area contributed by atoms with E-state index < -0.39 is 0 Å². The summed E-state index contributed by atoms with van der Waals surface area (Å²) in [5.41, 5.74) is 9.55. The summed E-state index contributed by atoms with van der Waals surface area (Å²) in [6.45, 7) is 5.68. The monoisotopic (exact) mass is 236 g/mol. The van der Waals surface area contributed by atoms with Crippen LogP contribution in [0.1, 0.15) is 18.1 Å². The van der Waals surface area contributed by atoms with Crippen molar-refractivity contribution in [3.8, 4) is 0 Å². The Kier molecular flexibility index (Phi) is 3.77. The molecule has 0 radical (unpaired) electrons. The Bertz CT molecular complexity index is 365. The van der Waals surface area contributed by atoms with Crippen molar-refractivity contribution in [2.75, 3.05) is 24.3 Å². The van der Waals surface area contributed by atoms with Gasteiger partial charge in [-0.25, -0.2) is 0 Å². The van der Waals surface area contributed by atoms with Gasteiger partial charge in [0.25, 0.3) is 0 Å². The lowest BCUT2D eigenvalue weighted by molar-refractivity contribution is 0.253. The SMILES string of the molecule is CSCC(C)CN1Cc2ccc(N)cc2C1. The number of fused-ring (bicyclic) bond motifs is 1. The first-order chi connectivity index (χ1) is 7.69. The summed E-state index contributed by atoms with van der Waals surface area (Å²) in [6, 6.07) is 6.30. The molecule has 0 fully saturated rings. The number of nitrogens with two attached hydrogens (primary N) is 1. The van der Waals surface area contributed by atoms with Crippen LogP contribution in [-0.4, -0.2) is 23.5 Å². The zero-order chi connectivity index (χ0) is 11.5. The summed E-state index contributed by atoms with van der Waals surface area (Å²) in [7, 11) is 0. The van der Waals surface area contributed by atoms with Gasteiger partial charge in [0.1, 0.15) is 0 Å². The van der Waals surface area contributed by atoms with Crippen LogP contribution in [0.25, 0.3) is 0 Å². The highest BCUT2D eigenvalue weighted by Crippen LogP contribution is 2.25. The molecular formula is C13H20N2S. The van der Waals surface area contributed by atoms with Gasteiger partial charge in [-0.1, -0.05) is 13.0 Å². The molecule has 1 aromatic rings. The van der Waals surface area contributed by atoms with Crippen molar-refractivity contribution in [1.82, 2.24) is 4.90 Å². The third-order valence-electron chi connectivity index (χ3n) is 3.04. The van der Waals surface area contributed by atoms with Crippen molar-refractivity contribution >= 4 is 17.4 Å². The van der Waals surface area contributed by atoms with Gasteiger partial charge in [-0.3, -0.25) is 4.90 Å². The molecule has 0 saturated carbocycles. The van der Waals surface area contributed by atoms with Gasteiger partial charge in [-0.2, -0.15) is 11.8 Å². The van der Waals surface area contributed by atoms with Gasteiger partial charge in [0.05, 0.1) is 0 Å². The lowest BCUT2D eigenvalue weighted by atomic mass is 10.1. The Morgan fingerprint density at radius 1 is 1.38 bits per heavy atom. The van der Waals surface area contributed by atoms with Crippen LogP contribution in [0.4, 0.5) is 5.69 Å². The van der Waals surface area contributed by atoms with E-state index in [-0.39, 0.29) is 0 Å². The highest BCUT2D eigenvalue weighted by Gasteiger charge is 2.20. The molecule has 16 heavy (non-hydrogen) atoms. The molecule has 1 atom stereocenters. The van der Waals surface area contributed by atoms with E-state index >= 15 is 0 Å². The van der Waals surface area contributed by atoms with E-state index in [1.807, 2.05) is 17.8 Å². The summed E-state index contributed by atoms with van der Waals surface area (Å²) in [5.74, 6) is 2.01. The standard InChI is InChI=1S/C13H20N2S/c1-10(9-16-2)6-15-7-11-3-4-13(14)5-12(11)8-15/h3-5,10H,6-9,14H2,1-2H3. The fraction of sp³-hybridized carbons (Fsp3) is 0.538. The van der Waals surface area contributed by atoms with Gasteiger partial charge in [0, 0.05) is 25.3 Å². The molecule has 3 heteroatoms. The fourth-order valence-electron chi connectivity index (χ4n) is 2.39. The molecule has 0 aliphatic carbocycles. The average Bonchev–Trinajstić information content (AvgIpc) is 2.59. The number of hydrogen-bond donors (Lipinski definition) is 1. The molecule has 1 heterocycles. The summed E-state index contributed by atoms with van der Waals surface area (Å²) in [4.78, 5) is 2.52. The maximum Gasteiger partial charge on any atom is 0.0317 e. The van der Waals surface area contributed by atoms with Gasteiger partial charge in [-0.15, -0.1) is 0 Å². The zero-order valence-electron chi connectivity index (χ0n) is 10.1. The normalized spacial score (nSPS) is 17.4. The summed E-state index contributed by atoms with van der Waals surface area (Å²) >= 11 is 1.93. The molecule has 0 aromatic heterocycles. The maximum atomic E-state index is 5.80. The Hall–Kier alpha value is -0.670. The minimum Gasteiger partial charge on any atom is -0.399 e. The van der Waals surface area contributed by atoms with Gasteiger partial charge in [0.2, 0.25) is 0 Å². The van der Waals surface area contributed by atoms with E-state index in [1.165, 1.54) is 23.4 Å². The average molecular weight is 236 g/mol. The van der Waals surface area contributed by atoms with Crippen LogP contribution in [0.15, 0.2) is 18.2 Å². The smallest absolute Gasteiger partial charge is 0.0317 e. The quantitative estimate of drug-likeness (QED) is 0.815. The Morgan fingerprint density at radius 2 is 2.12 bits per heavy atom. The predicted molar refractivity (Wildman–Crippen MR) is 72.5 cm³/mol. The molecule has 0 spiro atoms. The largest absolute Gasteiger partial charge is 0.399 e. The molecule has 88 valence electrons. The van der Waals surface area contributed by atoms with E-state index in [4.69, 9.17) is 5.73 Å². The number of hydrogen-bond acceptors (Lipinski definition) is 3. The van der Waals surface area contributed by atoms with Crippen molar-refractivity contribution in [2.24, 2.45) is 5.92 Å². The summed E-state index contributed by atoms with van der Waals surface area (Å²) in [6.07, 6.45) is 2.18. The number of thioether (sulfide) groups is 1. The van der Waals surface area contributed by atoms with Crippen LogP contribution in [-0.2, 0) is 13.1 Å². The minimum absolute atomic E-state index is 0.765. The summed E-state index contributed by atoms with van der Waals surface area (Å²) < 4.78 is 0.